The minimum Gasteiger partial charge on any atom is -0.465 e. The highest BCUT2D eigenvalue weighted by molar-refractivity contribution is 6.16. The van der Waals surface area contributed by atoms with Crippen molar-refractivity contribution >= 4 is 18.1 Å². The zero-order chi connectivity index (χ0) is 10.8. The summed E-state index contributed by atoms with van der Waals surface area (Å²) < 4.78 is 4.62. The number of nitrogens with zero attached hydrogens (tertiary/aromatic N) is 1. The molecule has 1 unspecified atom stereocenters. The van der Waals surface area contributed by atoms with Crippen molar-refractivity contribution in [3.63, 3.8) is 0 Å². The number of hydrogen-bond donors (Lipinski definition) is 0. The van der Waals surface area contributed by atoms with E-state index in [1.165, 1.54) is 13.3 Å². The molecule has 4 heteroatoms. The fourth-order valence-electron chi connectivity index (χ4n) is 1.58. The first kappa shape index (κ1) is 9.58. The first-order valence-corrected chi connectivity index (χ1v) is 4.49. The van der Waals surface area contributed by atoms with E-state index in [4.69, 9.17) is 0 Å². The quantitative estimate of drug-likeness (QED) is 0.592. The molecule has 76 valence electrons. The summed E-state index contributed by atoms with van der Waals surface area (Å²) in [7, 11) is 1.30. The molecule has 0 aromatic rings. The summed E-state index contributed by atoms with van der Waals surface area (Å²) in [6, 6.07) is 0. The van der Waals surface area contributed by atoms with Crippen LogP contribution >= 0.6 is 0 Å². The van der Waals surface area contributed by atoms with Crippen LogP contribution in [0.4, 0.5) is 0 Å². The van der Waals surface area contributed by atoms with Gasteiger partial charge in [0.05, 0.1) is 18.6 Å². The Morgan fingerprint density at radius 2 is 2.27 bits per heavy atom. The normalized spacial score (nSPS) is 23.0. The van der Waals surface area contributed by atoms with Crippen LogP contribution in [0.25, 0.3) is 0 Å². The Morgan fingerprint density at radius 3 is 3.00 bits per heavy atom. The number of carbonyl (C=O) groups excluding carboxylic acids is 2. The first-order chi connectivity index (χ1) is 7.24. The van der Waals surface area contributed by atoms with Crippen molar-refractivity contribution in [3.8, 4) is 0 Å². The summed E-state index contributed by atoms with van der Waals surface area (Å²) in [5, 5.41) is 0. The summed E-state index contributed by atoms with van der Waals surface area (Å²) in [6.45, 7) is 0. The molecule has 0 bridgehead atoms. The number of rotatable bonds is 1. The molecule has 2 aliphatic rings. The van der Waals surface area contributed by atoms with Crippen LogP contribution in [0.1, 0.15) is 0 Å². The topological polar surface area (TPSA) is 55.7 Å². The van der Waals surface area contributed by atoms with Gasteiger partial charge in [-0.25, -0.2) is 9.79 Å². The Morgan fingerprint density at radius 1 is 1.47 bits per heavy atom. The van der Waals surface area contributed by atoms with Crippen molar-refractivity contribution in [2.24, 2.45) is 10.9 Å². The first-order valence-electron chi connectivity index (χ1n) is 4.49. The van der Waals surface area contributed by atoms with Crippen LogP contribution in [-0.2, 0) is 14.3 Å². The molecule has 4 nitrogen and oxygen atoms in total. The second-order valence-electron chi connectivity index (χ2n) is 3.18. The molecule has 0 aromatic heterocycles. The monoisotopic (exact) mass is 203 g/mol. The predicted molar refractivity (Wildman–Crippen MR) is 54.3 cm³/mol. The van der Waals surface area contributed by atoms with Crippen molar-refractivity contribution in [2.75, 3.05) is 7.11 Å². The van der Waals surface area contributed by atoms with E-state index in [0.717, 1.165) is 0 Å². The third-order valence-electron chi connectivity index (χ3n) is 2.33. The highest BCUT2D eigenvalue weighted by atomic mass is 16.5. The van der Waals surface area contributed by atoms with E-state index < -0.39 is 11.9 Å². The Balaban J connectivity index is 2.49. The van der Waals surface area contributed by atoms with Crippen LogP contribution in [0.2, 0.25) is 0 Å². The Bertz CT molecular complexity index is 441. The Hall–Kier alpha value is -1.97. The second kappa shape index (κ2) is 3.65. The number of ether oxygens (including phenoxy) is 1. The van der Waals surface area contributed by atoms with Gasteiger partial charge in [0.2, 0.25) is 0 Å². The van der Waals surface area contributed by atoms with E-state index in [0.29, 0.717) is 11.1 Å². The number of fused-ring (bicyclic) bond motifs is 1. The third kappa shape index (κ3) is 1.54. The molecule has 1 aliphatic carbocycles. The SMILES string of the molecule is COC(=O)C1=C2C=CC=CC2C(=O)N=C1. The van der Waals surface area contributed by atoms with Gasteiger partial charge >= 0.3 is 5.97 Å². The highest BCUT2D eigenvalue weighted by Gasteiger charge is 2.28. The van der Waals surface area contributed by atoms with Gasteiger partial charge in [-0.1, -0.05) is 24.3 Å². The van der Waals surface area contributed by atoms with Gasteiger partial charge in [-0.05, 0) is 5.57 Å². The lowest BCUT2D eigenvalue weighted by Crippen LogP contribution is -2.23. The van der Waals surface area contributed by atoms with Gasteiger partial charge in [-0.15, -0.1) is 0 Å². The number of esters is 1. The number of aliphatic imine (C=N–C) groups is 1. The molecule has 1 aliphatic heterocycles. The summed E-state index contributed by atoms with van der Waals surface area (Å²) in [5.41, 5.74) is 1.01. The standard InChI is InChI=1S/C11H9NO3/c1-15-11(14)9-6-12-10(13)8-5-3-2-4-7(8)9/h2-6,8H,1H3. The van der Waals surface area contributed by atoms with Crippen molar-refractivity contribution in [1.29, 1.82) is 0 Å². The van der Waals surface area contributed by atoms with Gasteiger partial charge in [-0.3, -0.25) is 4.79 Å². The molecule has 0 aromatic carbocycles. The molecule has 0 fully saturated rings. The van der Waals surface area contributed by atoms with Crippen LogP contribution in [0, 0.1) is 5.92 Å². The van der Waals surface area contributed by atoms with Gasteiger partial charge in [0.1, 0.15) is 0 Å². The molecule has 1 heterocycles. The Labute approximate surface area is 86.6 Å². The van der Waals surface area contributed by atoms with Crippen molar-refractivity contribution in [2.45, 2.75) is 0 Å². The van der Waals surface area contributed by atoms with Crippen LogP contribution in [0.5, 0.6) is 0 Å². The maximum Gasteiger partial charge on any atom is 0.339 e. The Kier molecular flexibility index (Phi) is 2.33. The molecule has 15 heavy (non-hydrogen) atoms. The number of amides is 1. The number of allylic oxidation sites excluding steroid dienone is 3. The molecule has 1 atom stereocenters. The van der Waals surface area contributed by atoms with Crippen LogP contribution in [0.3, 0.4) is 0 Å². The molecule has 1 amide bonds. The molecule has 2 rings (SSSR count). The summed E-state index contributed by atoms with van der Waals surface area (Å²) in [6.07, 6.45) is 8.27. The zero-order valence-corrected chi connectivity index (χ0v) is 8.14. The maximum absolute atomic E-state index is 11.4. The van der Waals surface area contributed by atoms with E-state index in [-0.39, 0.29) is 5.91 Å². The van der Waals surface area contributed by atoms with E-state index in [2.05, 4.69) is 9.73 Å². The van der Waals surface area contributed by atoms with Crippen LogP contribution in [-0.4, -0.2) is 25.2 Å². The number of methoxy groups -OCH3 is 1. The summed E-state index contributed by atoms with van der Waals surface area (Å²) in [4.78, 5) is 26.5. The van der Waals surface area contributed by atoms with E-state index in [9.17, 15) is 9.59 Å². The summed E-state index contributed by atoms with van der Waals surface area (Å²) in [5.74, 6) is -1.15. The van der Waals surface area contributed by atoms with Gasteiger partial charge in [0, 0.05) is 6.21 Å². The largest absolute Gasteiger partial charge is 0.465 e. The number of dihydropyridines is 1. The average Bonchev–Trinajstić information content (AvgIpc) is 2.29. The zero-order valence-electron chi connectivity index (χ0n) is 8.14. The third-order valence-corrected chi connectivity index (χ3v) is 2.33. The van der Waals surface area contributed by atoms with E-state index >= 15 is 0 Å². The summed E-state index contributed by atoms with van der Waals surface area (Å²) >= 11 is 0. The average molecular weight is 203 g/mol. The fourth-order valence-corrected chi connectivity index (χ4v) is 1.58. The molecule has 0 saturated carbocycles. The van der Waals surface area contributed by atoms with Gasteiger partial charge in [0.15, 0.2) is 0 Å². The lowest BCUT2D eigenvalue weighted by molar-refractivity contribution is -0.135. The minimum atomic E-state index is -0.466. The smallest absolute Gasteiger partial charge is 0.339 e. The number of carbonyl (C=O) groups is 2. The van der Waals surface area contributed by atoms with Crippen molar-refractivity contribution in [3.05, 3.63) is 35.5 Å². The lowest BCUT2D eigenvalue weighted by atomic mass is 9.88. The van der Waals surface area contributed by atoms with E-state index in [1.807, 2.05) is 0 Å². The molecule has 0 spiro atoms. The van der Waals surface area contributed by atoms with Crippen LogP contribution in [0.15, 0.2) is 40.4 Å². The lowest BCUT2D eigenvalue weighted by Gasteiger charge is -2.19. The highest BCUT2D eigenvalue weighted by Crippen LogP contribution is 2.26. The minimum absolute atomic E-state index is 0.252. The van der Waals surface area contributed by atoms with Gasteiger partial charge in [0.25, 0.3) is 5.91 Å². The fraction of sp³-hybridized carbons (Fsp3) is 0.182. The maximum atomic E-state index is 11.4. The van der Waals surface area contributed by atoms with Gasteiger partial charge < -0.3 is 4.74 Å². The van der Waals surface area contributed by atoms with Crippen molar-refractivity contribution in [1.82, 2.24) is 0 Å². The van der Waals surface area contributed by atoms with Gasteiger partial charge in [-0.2, -0.15) is 0 Å². The molecule has 0 saturated heterocycles. The second-order valence-corrected chi connectivity index (χ2v) is 3.18. The molecular weight excluding hydrogens is 194 g/mol. The van der Waals surface area contributed by atoms with Crippen LogP contribution < -0.4 is 0 Å². The van der Waals surface area contributed by atoms with Crippen molar-refractivity contribution < 1.29 is 14.3 Å². The molecule has 0 radical (unpaired) electrons. The molecule has 0 N–H and O–H groups in total. The van der Waals surface area contributed by atoms with E-state index in [1.54, 1.807) is 24.3 Å². The number of hydrogen-bond acceptors (Lipinski definition) is 3. The predicted octanol–water partition coefficient (Wildman–Crippen LogP) is 0.809. The molecular formula is C11H9NO3.